The molecule has 0 spiro atoms. The second kappa shape index (κ2) is 5.99. The number of carboxylic acid groups (broad SMARTS) is 1. The van der Waals surface area contributed by atoms with Crippen molar-refractivity contribution < 1.29 is 9.90 Å². The number of carbonyl (C=O) groups is 1. The van der Waals surface area contributed by atoms with Gasteiger partial charge in [-0.1, -0.05) is 6.92 Å². The average molecular weight is 255 g/mol. The van der Waals surface area contributed by atoms with Gasteiger partial charge in [0.25, 0.3) is 0 Å². The summed E-state index contributed by atoms with van der Waals surface area (Å²) >= 11 is 0. The number of likely N-dealkylation sites (N-methyl/N-ethyl adjacent to an activating group) is 1. The summed E-state index contributed by atoms with van der Waals surface area (Å²) in [4.78, 5) is 18.2. The summed E-state index contributed by atoms with van der Waals surface area (Å²) in [6.45, 7) is 10.4. The molecule has 2 fully saturated rings. The van der Waals surface area contributed by atoms with E-state index in [-0.39, 0.29) is 11.8 Å². The summed E-state index contributed by atoms with van der Waals surface area (Å²) in [5.74, 6) is -0.517. The van der Waals surface area contributed by atoms with Crippen LogP contribution in [0.3, 0.4) is 0 Å². The van der Waals surface area contributed by atoms with Crippen molar-refractivity contribution >= 4 is 5.97 Å². The van der Waals surface area contributed by atoms with E-state index in [1.807, 2.05) is 0 Å². The Bertz CT molecular complexity index is 290. The van der Waals surface area contributed by atoms with Crippen molar-refractivity contribution in [2.24, 2.45) is 11.8 Å². The van der Waals surface area contributed by atoms with Crippen LogP contribution >= 0.6 is 0 Å². The maximum atomic E-state index is 11.1. The molecule has 0 saturated carbocycles. The minimum absolute atomic E-state index is 0.169. The summed E-state index contributed by atoms with van der Waals surface area (Å²) in [5.41, 5.74) is 0. The molecule has 2 rings (SSSR count). The standard InChI is InChI=1S/C13H25N3O2/c1-11-9-16(10-12(11)13(17)18)8-7-15-5-3-14(2)4-6-15/h11-12H,3-10H2,1-2H3,(H,17,18). The number of hydrogen-bond acceptors (Lipinski definition) is 4. The first-order chi connectivity index (χ1) is 8.56. The molecule has 2 saturated heterocycles. The zero-order valence-corrected chi connectivity index (χ0v) is 11.5. The molecule has 2 aliphatic heterocycles. The molecule has 0 aromatic rings. The van der Waals surface area contributed by atoms with Crippen molar-refractivity contribution in [2.45, 2.75) is 6.92 Å². The number of piperazine rings is 1. The summed E-state index contributed by atoms with van der Waals surface area (Å²) in [5, 5.41) is 9.10. The molecule has 2 atom stereocenters. The third-order valence-electron chi connectivity index (χ3n) is 4.33. The molecule has 2 aliphatic rings. The summed E-state index contributed by atoms with van der Waals surface area (Å²) in [7, 11) is 2.16. The molecule has 0 aromatic carbocycles. The molecule has 0 radical (unpaired) electrons. The summed E-state index contributed by atoms with van der Waals surface area (Å²) in [6, 6.07) is 0. The van der Waals surface area contributed by atoms with E-state index in [1.165, 1.54) is 0 Å². The molecule has 104 valence electrons. The third kappa shape index (κ3) is 3.43. The van der Waals surface area contributed by atoms with Crippen molar-refractivity contribution in [1.29, 1.82) is 0 Å². The number of aliphatic carboxylic acids is 1. The van der Waals surface area contributed by atoms with Gasteiger partial charge in [-0.3, -0.25) is 9.69 Å². The fraction of sp³-hybridized carbons (Fsp3) is 0.923. The SMILES string of the molecule is CC1CN(CCN2CCN(C)CC2)CC1C(=O)O. The van der Waals surface area contributed by atoms with Gasteiger partial charge in [0.15, 0.2) is 0 Å². The monoisotopic (exact) mass is 255 g/mol. The number of hydrogen-bond donors (Lipinski definition) is 1. The predicted molar refractivity (Wildman–Crippen MR) is 70.7 cm³/mol. The van der Waals surface area contributed by atoms with Gasteiger partial charge in [0.1, 0.15) is 0 Å². The Kier molecular flexibility index (Phi) is 4.59. The zero-order chi connectivity index (χ0) is 13.1. The number of carboxylic acids is 1. The van der Waals surface area contributed by atoms with E-state index in [0.29, 0.717) is 0 Å². The van der Waals surface area contributed by atoms with E-state index in [1.54, 1.807) is 0 Å². The predicted octanol–water partition coefficient (Wildman–Crippen LogP) is -0.114. The van der Waals surface area contributed by atoms with Gasteiger partial charge in [-0.25, -0.2) is 0 Å². The Labute approximate surface area is 109 Å². The van der Waals surface area contributed by atoms with Crippen LogP contribution in [0.25, 0.3) is 0 Å². The molecule has 0 bridgehead atoms. The Morgan fingerprint density at radius 1 is 1.11 bits per heavy atom. The molecule has 0 aromatic heterocycles. The van der Waals surface area contributed by atoms with Gasteiger partial charge < -0.3 is 14.9 Å². The van der Waals surface area contributed by atoms with Gasteiger partial charge in [0.05, 0.1) is 5.92 Å². The Hall–Kier alpha value is -0.650. The van der Waals surface area contributed by atoms with Gasteiger partial charge in [-0.05, 0) is 13.0 Å². The molecule has 5 heteroatoms. The fourth-order valence-electron chi connectivity index (χ4n) is 2.93. The van der Waals surface area contributed by atoms with E-state index in [4.69, 9.17) is 5.11 Å². The first-order valence-electron chi connectivity index (χ1n) is 6.92. The van der Waals surface area contributed by atoms with Crippen LogP contribution in [-0.2, 0) is 4.79 Å². The topological polar surface area (TPSA) is 47.0 Å². The van der Waals surface area contributed by atoms with Crippen molar-refractivity contribution in [3.8, 4) is 0 Å². The molecule has 5 nitrogen and oxygen atoms in total. The van der Waals surface area contributed by atoms with Crippen molar-refractivity contribution in [1.82, 2.24) is 14.7 Å². The number of rotatable bonds is 4. The van der Waals surface area contributed by atoms with Crippen LogP contribution in [0.1, 0.15) is 6.92 Å². The minimum Gasteiger partial charge on any atom is -0.481 e. The zero-order valence-electron chi connectivity index (χ0n) is 11.5. The normalized spacial score (nSPS) is 31.9. The molecule has 18 heavy (non-hydrogen) atoms. The summed E-state index contributed by atoms with van der Waals surface area (Å²) in [6.07, 6.45) is 0. The van der Waals surface area contributed by atoms with Gasteiger partial charge in [-0.2, -0.15) is 0 Å². The highest BCUT2D eigenvalue weighted by molar-refractivity contribution is 5.71. The Morgan fingerprint density at radius 3 is 2.28 bits per heavy atom. The van der Waals surface area contributed by atoms with E-state index in [2.05, 4.69) is 28.7 Å². The molecular weight excluding hydrogens is 230 g/mol. The van der Waals surface area contributed by atoms with Crippen molar-refractivity contribution in [3.63, 3.8) is 0 Å². The fourth-order valence-corrected chi connectivity index (χ4v) is 2.93. The highest BCUT2D eigenvalue weighted by Gasteiger charge is 2.34. The highest BCUT2D eigenvalue weighted by atomic mass is 16.4. The van der Waals surface area contributed by atoms with Gasteiger partial charge >= 0.3 is 5.97 Å². The van der Waals surface area contributed by atoms with Gasteiger partial charge in [0.2, 0.25) is 0 Å². The smallest absolute Gasteiger partial charge is 0.308 e. The second-order valence-electron chi connectivity index (χ2n) is 5.83. The van der Waals surface area contributed by atoms with Crippen LogP contribution in [0.4, 0.5) is 0 Å². The van der Waals surface area contributed by atoms with E-state index >= 15 is 0 Å². The molecule has 2 heterocycles. The van der Waals surface area contributed by atoms with Gasteiger partial charge in [0, 0.05) is 52.4 Å². The lowest BCUT2D eigenvalue weighted by Crippen LogP contribution is -2.46. The lowest BCUT2D eigenvalue weighted by Gasteiger charge is -2.33. The lowest BCUT2D eigenvalue weighted by molar-refractivity contribution is -0.142. The maximum Gasteiger partial charge on any atom is 0.308 e. The van der Waals surface area contributed by atoms with Crippen LogP contribution in [0, 0.1) is 11.8 Å². The van der Waals surface area contributed by atoms with Crippen LogP contribution in [0.5, 0.6) is 0 Å². The number of nitrogens with zero attached hydrogens (tertiary/aromatic N) is 3. The van der Waals surface area contributed by atoms with Crippen LogP contribution in [-0.4, -0.2) is 85.2 Å². The van der Waals surface area contributed by atoms with Crippen molar-refractivity contribution in [3.05, 3.63) is 0 Å². The summed E-state index contributed by atoms with van der Waals surface area (Å²) < 4.78 is 0. The third-order valence-corrected chi connectivity index (χ3v) is 4.33. The lowest BCUT2D eigenvalue weighted by atomic mass is 9.99. The highest BCUT2D eigenvalue weighted by Crippen LogP contribution is 2.22. The minimum atomic E-state index is -0.635. The molecule has 2 unspecified atom stereocenters. The largest absolute Gasteiger partial charge is 0.481 e. The average Bonchev–Trinajstić information content (AvgIpc) is 2.70. The molecule has 1 N–H and O–H groups in total. The van der Waals surface area contributed by atoms with Gasteiger partial charge in [-0.15, -0.1) is 0 Å². The molecule has 0 amide bonds. The Morgan fingerprint density at radius 2 is 1.72 bits per heavy atom. The molecule has 0 aliphatic carbocycles. The Balaban J connectivity index is 1.70. The quantitative estimate of drug-likeness (QED) is 0.759. The number of likely N-dealkylation sites (tertiary alicyclic amines) is 1. The van der Waals surface area contributed by atoms with E-state index in [0.717, 1.165) is 52.4 Å². The first kappa shape index (κ1) is 13.8. The van der Waals surface area contributed by atoms with Crippen LogP contribution in [0.15, 0.2) is 0 Å². The van der Waals surface area contributed by atoms with Crippen LogP contribution in [0.2, 0.25) is 0 Å². The van der Waals surface area contributed by atoms with Crippen LogP contribution < -0.4 is 0 Å². The second-order valence-corrected chi connectivity index (χ2v) is 5.83. The van der Waals surface area contributed by atoms with E-state index < -0.39 is 5.97 Å². The first-order valence-corrected chi connectivity index (χ1v) is 6.92. The van der Waals surface area contributed by atoms with E-state index in [9.17, 15) is 4.79 Å². The van der Waals surface area contributed by atoms with Crippen molar-refractivity contribution in [2.75, 3.05) is 59.4 Å². The molecular formula is C13H25N3O2. The maximum absolute atomic E-state index is 11.1.